The van der Waals surface area contributed by atoms with E-state index in [0.717, 1.165) is 32.1 Å². The first kappa shape index (κ1) is 11.6. The molecule has 7 heteroatoms. The lowest BCUT2D eigenvalue weighted by atomic mass is 10.1. The maximum Gasteiger partial charge on any atom is 0.224 e. The van der Waals surface area contributed by atoms with Crippen LogP contribution in [-0.2, 0) is 22.6 Å². The molecule has 0 bridgehead atoms. The Labute approximate surface area is 105 Å². The first-order valence-electron chi connectivity index (χ1n) is 6.28. The molecular weight excluding hydrogens is 234 g/mol. The van der Waals surface area contributed by atoms with Gasteiger partial charge in [0.2, 0.25) is 5.91 Å². The molecule has 3 heterocycles. The molecule has 7 nitrogen and oxygen atoms in total. The van der Waals surface area contributed by atoms with Gasteiger partial charge in [0, 0.05) is 32.1 Å². The number of carbonyl (C=O) groups excluding carboxylic acids is 1. The monoisotopic (exact) mass is 251 g/mol. The van der Waals surface area contributed by atoms with Crippen LogP contribution in [0.4, 0.5) is 0 Å². The third kappa shape index (κ3) is 2.37. The predicted octanol–water partition coefficient (Wildman–Crippen LogP) is -1.00. The number of rotatable bonds is 2. The van der Waals surface area contributed by atoms with Crippen molar-refractivity contribution in [3.8, 4) is 0 Å². The van der Waals surface area contributed by atoms with Crippen LogP contribution in [0.2, 0.25) is 0 Å². The normalized spacial score (nSPS) is 23.8. The van der Waals surface area contributed by atoms with Crippen molar-refractivity contribution in [1.29, 1.82) is 0 Å². The number of amides is 1. The van der Waals surface area contributed by atoms with Gasteiger partial charge in [0.25, 0.3) is 0 Å². The number of fused-ring (bicyclic) bond motifs is 1. The summed E-state index contributed by atoms with van der Waals surface area (Å²) in [7, 11) is 0. The zero-order chi connectivity index (χ0) is 12.4. The summed E-state index contributed by atoms with van der Waals surface area (Å²) in [6.07, 6.45) is 2.21. The van der Waals surface area contributed by atoms with Gasteiger partial charge in [-0.25, -0.2) is 0 Å². The molecule has 1 aromatic rings. The molecule has 1 fully saturated rings. The molecule has 0 aliphatic carbocycles. The molecule has 1 saturated heterocycles. The Bertz CT molecular complexity index is 427. The van der Waals surface area contributed by atoms with E-state index in [2.05, 4.69) is 15.5 Å². The summed E-state index contributed by atoms with van der Waals surface area (Å²) in [6, 6.07) is 0.144. The molecule has 3 rings (SSSR count). The molecule has 98 valence electrons. The van der Waals surface area contributed by atoms with Crippen molar-refractivity contribution in [3.63, 3.8) is 0 Å². The van der Waals surface area contributed by atoms with Crippen molar-refractivity contribution in [2.75, 3.05) is 26.3 Å². The summed E-state index contributed by atoms with van der Waals surface area (Å²) in [5, 5.41) is 11.2. The van der Waals surface area contributed by atoms with Gasteiger partial charge in [0.05, 0.1) is 19.8 Å². The summed E-state index contributed by atoms with van der Waals surface area (Å²) in [5.41, 5.74) is 0. The topological polar surface area (TPSA) is 72.3 Å². The summed E-state index contributed by atoms with van der Waals surface area (Å²) < 4.78 is 7.35. The Morgan fingerprint density at radius 2 is 2.50 bits per heavy atom. The SMILES string of the molecule is O=C(CC1COCCN1)N1CCn2cnnc2C1. The van der Waals surface area contributed by atoms with Gasteiger partial charge in [0.1, 0.15) is 6.33 Å². The van der Waals surface area contributed by atoms with E-state index in [1.807, 2.05) is 9.47 Å². The van der Waals surface area contributed by atoms with E-state index in [9.17, 15) is 4.79 Å². The highest BCUT2D eigenvalue weighted by molar-refractivity contribution is 5.76. The fraction of sp³-hybridized carbons (Fsp3) is 0.727. The lowest BCUT2D eigenvalue weighted by molar-refractivity contribution is -0.134. The highest BCUT2D eigenvalue weighted by Gasteiger charge is 2.25. The Morgan fingerprint density at radius 1 is 1.56 bits per heavy atom. The van der Waals surface area contributed by atoms with E-state index in [1.54, 1.807) is 6.33 Å². The molecule has 1 aromatic heterocycles. The van der Waals surface area contributed by atoms with E-state index < -0.39 is 0 Å². The number of nitrogens with zero attached hydrogens (tertiary/aromatic N) is 4. The second kappa shape index (κ2) is 5.03. The van der Waals surface area contributed by atoms with Crippen LogP contribution in [0.15, 0.2) is 6.33 Å². The molecule has 1 N–H and O–H groups in total. The zero-order valence-electron chi connectivity index (χ0n) is 10.2. The molecule has 1 amide bonds. The van der Waals surface area contributed by atoms with Gasteiger partial charge in [-0.3, -0.25) is 4.79 Å². The van der Waals surface area contributed by atoms with Gasteiger partial charge < -0.3 is 19.5 Å². The van der Waals surface area contributed by atoms with Crippen LogP contribution in [0, 0.1) is 0 Å². The van der Waals surface area contributed by atoms with Crippen molar-refractivity contribution in [2.45, 2.75) is 25.6 Å². The lowest BCUT2D eigenvalue weighted by Gasteiger charge is -2.30. The Balaban J connectivity index is 1.57. The molecule has 0 radical (unpaired) electrons. The van der Waals surface area contributed by atoms with Crippen molar-refractivity contribution in [3.05, 3.63) is 12.2 Å². The van der Waals surface area contributed by atoms with Crippen LogP contribution in [0.25, 0.3) is 0 Å². The van der Waals surface area contributed by atoms with E-state index >= 15 is 0 Å². The highest BCUT2D eigenvalue weighted by atomic mass is 16.5. The van der Waals surface area contributed by atoms with Crippen LogP contribution >= 0.6 is 0 Å². The number of morpholine rings is 1. The molecule has 0 spiro atoms. The summed E-state index contributed by atoms with van der Waals surface area (Å²) >= 11 is 0. The number of nitrogens with one attached hydrogen (secondary N) is 1. The fourth-order valence-electron chi connectivity index (χ4n) is 2.37. The maximum absolute atomic E-state index is 12.2. The fourth-order valence-corrected chi connectivity index (χ4v) is 2.37. The molecule has 1 unspecified atom stereocenters. The zero-order valence-corrected chi connectivity index (χ0v) is 10.2. The largest absolute Gasteiger partial charge is 0.378 e. The second-order valence-electron chi connectivity index (χ2n) is 4.69. The van der Waals surface area contributed by atoms with E-state index in [-0.39, 0.29) is 11.9 Å². The molecular formula is C11H17N5O2. The molecule has 18 heavy (non-hydrogen) atoms. The second-order valence-corrected chi connectivity index (χ2v) is 4.69. The van der Waals surface area contributed by atoms with E-state index in [0.29, 0.717) is 19.6 Å². The minimum Gasteiger partial charge on any atom is -0.378 e. The van der Waals surface area contributed by atoms with Gasteiger partial charge >= 0.3 is 0 Å². The number of hydrogen-bond acceptors (Lipinski definition) is 5. The van der Waals surface area contributed by atoms with Crippen LogP contribution < -0.4 is 5.32 Å². The average Bonchev–Trinajstić information content (AvgIpc) is 2.87. The summed E-state index contributed by atoms with van der Waals surface area (Å²) in [5.74, 6) is 1.02. The van der Waals surface area contributed by atoms with Crippen molar-refractivity contribution in [1.82, 2.24) is 25.0 Å². The predicted molar refractivity (Wildman–Crippen MR) is 62.7 cm³/mol. The Kier molecular flexibility index (Phi) is 3.24. The number of hydrogen-bond donors (Lipinski definition) is 1. The average molecular weight is 251 g/mol. The number of ether oxygens (including phenoxy) is 1. The van der Waals surface area contributed by atoms with Gasteiger partial charge in [-0.05, 0) is 0 Å². The third-order valence-corrected chi connectivity index (χ3v) is 3.41. The Morgan fingerprint density at radius 3 is 3.33 bits per heavy atom. The lowest BCUT2D eigenvalue weighted by Crippen LogP contribution is -2.46. The molecule has 0 aromatic carbocycles. The first-order chi connectivity index (χ1) is 8.83. The molecule has 0 saturated carbocycles. The number of carbonyl (C=O) groups is 1. The van der Waals surface area contributed by atoms with Crippen LogP contribution in [0.1, 0.15) is 12.2 Å². The van der Waals surface area contributed by atoms with Crippen LogP contribution in [0.5, 0.6) is 0 Å². The minimum absolute atomic E-state index is 0.144. The van der Waals surface area contributed by atoms with Gasteiger partial charge in [-0.2, -0.15) is 0 Å². The summed E-state index contributed by atoms with van der Waals surface area (Å²) in [6.45, 7) is 4.26. The first-order valence-corrected chi connectivity index (χ1v) is 6.28. The van der Waals surface area contributed by atoms with Crippen LogP contribution in [-0.4, -0.2) is 57.9 Å². The standard InChI is InChI=1S/C11H17N5O2/c17-11(5-9-7-18-4-1-12-9)15-2-3-16-8-13-14-10(16)6-15/h8-9,12H,1-7H2. The van der Waals surface area contributed by atoms with Gasteiger partial charge in [-0.15, -0.1) is 10.2 Å². The maximum atomic E-state index is 12.2. The molecule has 2 aliphatic rings. The quantitative estimate of drug-likeness (QED) is 0.730. The minimum atomic E-state index is 0.144. The van der Waals surface area contributed by atoms with Gasteiger partial charge in [-0.1, -0.05) is 0 Å². The summed E-state index contributed by atoms with van der Waals surface area (Å²) in [4.78, 5) is 14.0. The highest BCUT2D eigenvalue weighted by Crippen LogP contribution is 2.11. The number of aromatic nitrogens is 3. The van der Waals surface area contributed by atoms with E-state index in [4.69, 9.17) is 4.74 Å². The van der Waals surface area contributed by atoms with Crippen molar-refractivity contribution >= 4 is 5.91 Å². The van der Waals surface area contributed by atoms with E-state index in [1.165, 1.54) is 0 Å². The molecule has 2 aliphatic heterocycles. The van der Waals surface area contributed by atoms with Crippen LogP contribution in [0.3, 0.4) is 0 Å². The Hall–Kier alpha value is -1.47. The third-order valence-electron chi connectivity index (χ3n) is 3.41. The van der Waals surface area contributed by atoms with Gasteiger partial charge in [0.15, 0.2) is 5.82 Å². The molecule has 1 atom stereocenters. The van der Waals surface area contributed by atoms with Crippen molar-refractivity contribution in [2.24, 2.45) is 0 Å². The van der Waals surface area contributed by atoms with Crippen molar-refractivity contribution < 1.29 is 9.53 Å². The smallest absolute Gasteiger partial charge is 0.224 e.